The molecule has 0 saturated heterocycles. The fourth-order valence-corrected chi connectivity index (χ4v) is 2.68. The van der Waals surface area contributed by atoms with Crippen LogP contribution >= 0.6 is 0 Å². The van der Waals surface area contributed by atoms with Gasteiger partial charge in [-0.05, 0) is 17.5 Å². The molecule has 0 aromatic heterocycles. The average Bonchev–Trinajstić information content (AvgIpc) is 2.57. The molecule has 0 heterocycles. The van der Waals surface area contributed by atoms with Crippen molar-refractivity contribution in [3.05, 3.63) is 71.8 Å². The van der Waals surface area contributed by atoms with E-state index < -0.39 is 0 Å². The van der Waals surface area contributed by atoms with E-state index in [9.17, 15) is 4.79 Å². The monoisotopic (exact) mass is 295 g/mol. The third-order valence-corrected chi connectivity index (χ3v) is 3.94. The number of hydrogen-bond acceptors (Lipinski definition) is 2. The molecule has 22 heavy (non-hydrogen) atoms. The van der Waals surface area contributed by atoms with Crippen molar-refractivity contribution in [2.24, 2.45) is 0 Å². The van der Waals surface area contributed by atoms with Crippen molar-refractivity contribution >= 4 is 6.29 Å². The Kier molecular flexibility index (Phi) is 6.85. The van der Waals surface area contributed by atoms with Crippen LogP contribution in [0, 0.1) is 0 Å². The molecular weight excluding hydrogens is 270 g/mol. The normalized spacial score (nSPS) is 12.3. The van der Waals surface area contributed by atoms with Gasteiger partial charge in [0.2, 0.25) is 0 Å². The molecule has 0 aliphatic carbocycles. The van der Waals surface area contributed by atoms with Crippen LogP contribution in [0.4, 0.5) is 0 Å². The number of rotatable bonds is 9. The third kappa shape index (κ3) is 5.12. The molecule has 2 rings (SSSR count). The van der Waals surface area contributed by atoms with E-state index in [1.165, 1.54) is 11.1 Å². The van der Waals surface area contributed by atoms with Crippen molar-refractivity contribution in [2.75, 3.05) is 0 Å². The summed E-state index contributed by atoms with van der Waals surface area (Å²) in [4.78, 5) is 13.9. The van der Waals surface area contributed by atoms with Crippen LogP contribution in [-0.4, -0.2) is 17.2 Å². The summed E-state index contributed by atoms with van der Waals surface area (Å²) in [5.41, 5.74) is 2.50. The van der Waals surface area contributed by atoms with Crippen molar-refractivity contribution in [1.29, 1.82) is 0 Å². The molecule has 0 aliphatic rings. The summed E-state index contributed by atoms with van der Waals surface area (Å²) in [6.07, 6.45) is 4.25. The molecule has 0 amide bonds. The molecule has 2 nitrogen and oxygen atoms in total. The summed E-state index contributed by atoms with van der Waals surface area (Å²) in [7, 11) is 0. The van der Waals surface area contributed by atoms with E-state index in [0.717, 1.165) is 38.6 Å². The van der Waals surface area contributed by atoms with E-state index in [1.807, 2.05) is 12.1 Å². The highest BCUT2D eigenvalue weighted by Crippen LogP contribution is 2.16. The molecule has 0 aliphatic heterocycles. The van der Waals surface area contributed by atoms with Crippen LogP contribution < -0.4 is 0 Å². The average molecular weight is 295 g/mol. The van der Waals surface area contributed by atoms with Gasteiger partial charge in [-0.25, -0.2) is 0 Å². The smallest absolute Gasteiger partial charge is 0.137 e. The second-order valence-electron chi connectivity index (χ2n) is 5.72. The molecule has 1 unspecified atom stereocenters. The molecule has 116 valence electrons. The van der Waals surface area contributed by atoms with Crippen molar-refractivity contribution in [3.63, 3.8) is 0 Å². The lowest BCUT2D eigenvalue weighted by Crippen LogP contribution is -2.35. The van der Waals surface area contributed by atoms with Gasteiger partial charge in [0.1, 0.15) is 6.29 Å². The third-order valence-electron chi connectivity index (χ3n) is 3.94. The van der Waals surface area contributed by atoms with Gasteiger partial charge < -0.3 is 4.79 Å². The summed E-state index contributed by atoms with van der Waals surface area (Å²) in [6, 6.07) is 20.8. The number of benzene rings is 2. The van der Waals surface area contributed by atoms with Gasteiger partial charge in [0.15, 0.2) is 0 Å². The summed E-state index contributed by atoms with van der Waals surface area (Å²) >= 11 is 0. The van der Waals surface area contributed by atoms with Crippen molar-refractivity contribution in [3.8, 4) is 0 Å². The Balaban J connectivity index is 2.13. The van der Waals surface area contributed by atoms with Gasteiger partial charge in [-0.2, -0.15) is 0 Å². The minimum absolute atomic E-state index is 0.0136. The summed E-state index contributed by atoms with van der Waals surface area (Å²) < 4.78 is 0. The maximum Gasteiger partial charge on any atom is 0.137 e. The first-order chi connectivity index (χ1) is 10.8. The number of unbranched alkanes of at least 4 members (excludes halogenated alkanes) is 1. The van der Waals surface area contributed by atoms with Gasteiger partial charge in [-0.3, -0.25) is 4.90 Å². The SMILES string of the molecule is CCCCC(C=O)N(Cc1ccccc1)Cc1ccccc1. The fraction of sp³-hybridized carbons (Fsp3) is 0.350. The first kappa shape index (κ1) is 16.4. The Morgan fingerprint density at radius 1 is 0.909 bits per heavy atom. The molecule has 0 bridgehead atoms. The molecule has 1 atom stereocenters. The lowest BCUT2D eigenvalue weighted by molar-refractivity contribution is -0.113. The number of carbonyl (C=O) groups is 1. The highest BCUT2D eigenvalue weighted by atomic mass is 16.1. The maximum atomic E-state index is 11.6. The van der Waals surface area contributed by atoms with Crippen LogP contribution in [0.3, 0.4) is 0 Å². The standard InChI is InChI=1S/C20H25NO/c1-2-3-14-20(17-22)21(15-18-10-6-4-7-11-18)16-19-12-8-5-9-13-19/h4-13,17,20H,2-3,14-16H2,1H3. The largest absolute Gasteiger partial charge is 0.302 e. The molecule has 0 radical (unpaired) electrons. The molecule has 2 aromatic carbocycles. The first-order valence-corrected chi connectivity index (χ1v) is 8.10. The zero-order chi connectivity index (χ0) is 15.6. The second-order valence-corrected chi connectivity index (χ2v) is 5.72. The van der Waals surface area contributed by atoms with Gasteiger partial charge in [0.05, 0.1) is 6.04 Å². The van der Waals surface area contributed by atoms with Crippen LogP contribution in [-0.2, 0) is 17.9 Å². The van der Waals surface area contributed by atoms with Crippen LogP contribution in [0.15, 0.2) is 60.7 Å². The Hall–Kier alpha value is -1.93. The van der Waals surface area contributed by atoms with Crippen LogP contribution in [0.1, 0.15) is 37.3 Å². The van der Waals surface area contributed by atoms with E-state index in [-0.39, 0.29) is 6.04 Å². The van der Waals surface area contributed by atoms with Crippen molar-refractivity contribution in [1.82, 2.24) is 4.90 Å². The highest BCUT2D eigenvalue weighted by molar-refractivity contribution is 5.57. The number of carbonyl (C=O) groups excluding carboxylic acids is 1. The van der Waals surface area contributed by atoms with E-state index in [1.54, 1.807) is 0 Å². The van der Waals surface area contributed by atoms with Gasteiger partial charge in [0, 0.05) is 13.1 Å². The molecule has 2 heteroatoms. The minimum atomic E-state index is -0.0136. The summed E-state index contributed by atoms with van der Waals surface area (Å²) in [5, 5.41) is 0. The predicted molar refractivity (Wildman–Crippen MR) is 91.5 cm³/mol. The van der Waals surface area contributed by atoms with E-state index in [4.69, 9.17) is 0 Å². The molecule has 2 aromatic rings. The van der Waals surface area contributed by atoms with E-state index in [2.05, 4.69) is 60.4 Å². The number of nitrogens with zero attached hydrogens (tertiary/aromatic N) is 1. The Labute approximate surface area is 133 Å². The predicted octanol–water partition coefficient (Wildman–Crippen LogP) is 4.45. The summed E-state index contributed by atoms with van der Waals surface area (Å²) in [6.45, 7) is 3.78. The van der Waals surface area contributed by atoms with E-state index in [0.29, 0.717) is 0 Å². The lowest BCUT2D eigenvalue weighted by Gasteiger charge is -2.28. The number of hydrogen-bond donors (Lipinski definition) is 0. The molecule has 0 spiro atoms. The Morgan fingerprint density at radius 3 is 1.82 bits per heavy atom. The topological polar surface area (TPSA) is 20.3 Å². The first-order valence-electron chi connectivity index (χ1n) is 8.10. The molecule has 0 N–H and O–H groups in total. The zero-order valence-corrected chi connectivity index (χ0v) is 13.3. The maximum absolute atomic E-state index is 11.6. The van der Waals surface area contributed by atoms with Gasteiger partial charge >= 0.3 is 0 Å². The van der Waals surface area contributed by atoms with Crippen LogP contribution in [0.5, 0.6) is 0 Å². The lowest BCUT2D eigenvalue weighted by atomic mass is 10.1. The van der Waals surface area contributed by atoms with Gasteiger partial charge in [0.25, 0.3) is 0 Å². The van der Waals surface area contributed by atoms with Gasteiger partial charge in [-0.15, -0.1) is 0 Å². The molecule has 0 fully saturated rings. The zero-order valence-electron chi connectivity index (χ0n) is 13.3. The van der Waals surface area contributed by atoms with Crippen LogP contribution in [0.2, 0.25) is 0 Å². The number of aldehydes is 1. The quantitative estimate of drug-likeness (QED) is 0.637. The second kappa shape index (κ2) is 9.16. The molecular formula is C20H25NO. The van der Waals surface area contributed by atoms with E-state index >= 15 is 0 Å². The summed E-state index contributed by atoms with van der Waals surface area (Å²) in [5.74, 6) is 0. The molecule has 0 saturated carbocycles. The van der Waals surface area contributed by atoms with Gasteiger partial charge in [-0.1, -0.05) is 80.4 Å². The Morgan fingerprint density at radius 2 is 1.41 bits per heavy atom. The van der Waals surface area contributed by atoms with Crippen molar-refractivity contribution < 1.29 is 4.79 Å². The minimum Gasteiger partial charge on any atom is -0.302 e. The Bertz CT molecular complexity index is 497. The highest BCUT2D eigenvalue weighted by Gasteiger charge is 2.18. The van der Waals surface area contributed by atoms with Crippen molar-refractivity contribution in [2.45, 2.75) is 45.3 Å². The van der Waals surface area contributed by atoms with Crippen LogP contribution in [0.25, 0.3) is 0 Å². The fourth-order valence-electron chi connectivity index (χ4n) is 2.68.